The number of carbonyl (C=O) groups is 2. The largest absolute Gasteiger partial charge is 0.481 e. The Morgan fingerprint density at radius 2 is 2.13 bits per heavy atom. The molecule has 6 heteroatoms. The zero-order valence-electron chi connectivity index (χ0n) is 19.3. The highest BCUT2D eigenvalue weighted by Gasteiger charge is 2.84. The highest BCUT2D eigenvalue weighted by molar-refractivity contribution is 7.99. The molecular weight excluding hydrogens is 410 g/mol. The molecule has 5 rings (SSSR count). The van der Waals surface area contributed by atoms with Crippen molar-refractivity contribution in [2.75, 3.05) is 25.1 Å². The van der Waals surface area contributed by atoms with Crippen molar-refractivity contribution in [2.45, 2.75) is 59.0 Å². The molecule has 1 aliphatic heterocycles. The Bertz CT molecular complexity index is 813. The second-order valence-corrected chi connectivity index (χ2v) is 12.4. The molecule has 0 amide bonds. The SMILES string of the molecule is CC(C)C1=CC2CC3(C=O)[C@@H]4CC[C@@H](C)[C@H]4CC2(CSCC2CCN(C)O2)[C@]13C(=O)O. The first-order valence-electron chi connectivity index (χ1n) is 12.1. The van der Waals surface area contributed by atoms with Gasteiger partial charge in [0.2, 0.25) is 0 Å². The van der Waals surface area contributed by atoms with Crippen LogP contribution in [0, 0.1) is 45.8 Å². The fourth-order valence-corrected chi connectivity index (χ4v) is 10.3. The fraction of sp³-hybridized carbons (Fsp3) is 0.840. The third-order valence-corrected chi connectivity index (χ3v) is 11.2. The van der Waals surface area contributed by atoms with Crippen LogP contribution in [0.5, 0.6) is 0 Å². The van der Waals surface area contributed by atoms with E-state index in [2.05, 4.69) is 26.8 Å². The topological polar surface area (TPSA) is 66.8 Å². The van der Waals surface area contributed by atoms with Crippen LogP contribution in [-0.2, 0) is 14.4 Å². The fourth-order valence-electron chi connectivity index (χ4n) is 8.81. The van der Waals surface area contributed by atoms with Crippen molar-refractivity contribution in [1.29, 1.82) is 0 Å². The van der Waals surface area contributed by atoms with Crippen LogP contribution in [0.15, 0.2) is 11.6 Å². The van der Waals surface area contributed by atoms with Gasteiger partial charge in [-0.3, -0.25) is 9.63 Å². The van der Waals surface area contributed by atoms with Crippen LogP contribution < -0.4 is 0 Å². The maximum absolute atomic E-state index is 13.4. The molecule has 0 aromatic heterocycles. The molecule has 3 saturated carbocycles. The minimum atomic E-state index is -1.04. The van der Waals surface area contributed by atoms with Crippen LogP contribution in [0.3, 0.4) is 0 Å². The van der Waals surface area contributed by atoms with E-state index in [9.17, 15) is 14.7 Å². The number of carboxylic acid groups (broad SMARTS) is 1. The van der Waals surface area contributed by atoms with Gasteiger partial charge in [-0.05, 0) is 55.3 Å². The Kier molecular flexibility index (Phi) is 5.19. The first-order chi connectivity index (χ1) is 14.7. The van der Waals surface area contributed by atoms with Gasteiger partial charge >= 0.3 is 5.97 Å². The van der Waals surface area contributed by atoms with Crippen molar-refractivity contribution < 1.29 is 19.5 Å². The summed E-state index contributed by atoms with van der Waals surface area (Å²) in [4.78, 5) is 32.2. The highest BCUT2D eigenvalue weighted by Crippen LogP contribution is 2.83. The van der Waals surface area contributed by atoms with Crippen LogP contribution in [0.4, 0.5) is 0 Å². The third-order valence-electron chi connectivity index (χ3n) is 9.88. The number of allylic oxidation sites excluding steroid dienone is 1. The zero-order chi connectivity index (χ0) is 22.2. The summed E-state index contributed by atoms with van der Waals surface area (Å²) in [6.07, 6.45) is 8.47. The van der Waals surface area contributed by atoms with Crippen molar-refractivity contribution in [2.24, 2.45) is 45.8 Å². The van der Waals surface area contributed by atoms with Gasteiger partial charge in [0.15, 0.2) is 0 Å². The molecule has 8 atom stereocenters. The average molecular weight is 448 g/mol. The van der Waals surface area contributed by atoms with Gasteiger partial charge in [-0.25, -0.2) is 0 Å². The number of carboxylic acids is 1. The van der Waals surface area contributed by atoms with E-state index in [4.69, 9.17) is 4.84 Å². The minimum Gasteiger partial charge on any atom is -0.481 e. The van der Waals surface area contributed by atoms with Crippen molar-refractivity contribution in [1.82, 2.24) is 5.06 Å². The maximum atomic E-state index is 13.4. The number of hydrogen-bond donors (Lipinski definition) is 1. The molecule has 1 saturated heterocycles. The van der Waals surface area contributed by atoms with Crippen molar-refractivity contribution in [3.8, 4) is 0 Å². The number of rotatable bonds is 7. The molecule has 0 aromatic carbocycles. The number of carbonyl (C=O) groups excluding carboxylic acids is 1. The van der Waals surface area contributed by atoms with Gasteiger partial charge in [0, 0.05) is 30.5 Å². The number of aliphatic carboxylic acids is 1. The van der Waals surface area contributed by atoms with E-state index in [-0.39, 0.29) is 29.3 Å². The van der Waals surface area contributed by atoms with Crippen molar-refractivity contribution in [3.63, 3.8) is 0 Å². The summed E-state index contributed by atoms with van der Waals surface area (Å²) in [5.41, 5.74) is -1.09. The monoisotopic (exact) mass is 447 g/mol. The molecule has 4 aliphatic carbocycles. The second kappa shape index (κ2) is 7.33. The molecule has 0 aromatic rings. The normalized spacial score (nSPS) is 48.3. The first-order valence-corrected chi connectivity index (χ1v) is 13.3. The molecule has 4 bridgehead atoms. The van der Waals surface area contributed by atoms with E-state index in [1.807, 2.05) is 23.9 Å². The maximum Gasteiger partial charge on any atom is 0.315 e. The van der Waals surface area contributed by atoms with Crippen LogP contribution in [-0.4, -0.2) is 53.6 Å². The molecule has 5 nitrogen and oxygen atoms in total. The lowest BCUT2D eigenvalue weighted by atomic mass is 9.43. The molecule has 1 heterocycles. The summed E-state index contributed by atoms with van der Waals surface area (Å²) in [5, 5.41) is 12.9. The van der Waals surface area contributed by atoms with Gasteiger partial charge in [-0.2, -0.15) is 16.8 Å². The summed E-state index contributed by atoms with van der Waals surface area (Å²) >= 11 is 1.87. The van der Waals surface area contributed by atoms with E-state index in [1.165, 1.54) is 0 Å². The van der Waals surface area contributed by atoms with Gasteiger partial charge in [0.05, 0.1) is 11.5 Å². The van der Waals surface area contributed by atoms with Crippen LogP contribution in [0.2, 0.25) is 0 Å². The van der Waals surface area contributed by atoms with Crippen LogP contribution in [0.1, 0.15) is 52.9 Å². The van der Waals surface area contributed by atoms with Gasteiger partial charge < -0.3 is 9.90 Å². The van der Waals surface area contributed by atoms with Gasteiger partial charge in [-0.15, -0.1) is 0 Å². The summed E-state index contributed by atoms with van der Waals surface area (Å²) in [5.74, 6) is 2.57. The summed E-state index contributed by atoms with van der Waals surface area (Å²) in [6.45, 7) is 7.50. The quantitative estimate of drug-likeness (QED) is 0.464. The molecule has 1 N–H and O–H groups in total. The Morgan fingerprint density at radius 3 is 2.74 bits per heavy atom. The number of thioether (sulfide) groups is 1. The lowest BCUT2D eigenvalue weighted by Gasteiger charge is -2.58. The molecule has 4 fully saturated rings. The zero-order valence-corrected chi connectivity index (χ0v) is 20.1. The lowest BCUT2D eigenvalue weighted by molar-refractivity contribution is -0.177. The molecule has 5 aliphatic rings. The van der Waals surface area contributed by atoms with Crippen molar-refractivity contribution in [3.05, 3.63) is 11.6 Å². The number of fused-ring (bicyclic) bond motifs is 2. The number of hydroxylamine groups is 2. The minimum absolute atomic E-state index is 0.146. The number of hydrogen-bond acceptors (Lipinski definition) is 5. The van der Waals surface area contributed by atoms with E-state index < -0.39 is 16.8 Å². The Labute approximate surface area is 190 Å². The third kappa shape index (κ3) is 2.59. The average Bonchev–Trinajstić information content (AvgIpc) is 3.42. The lowest BCUT2D eigenvalue weighted by Crippen LogP contribution is -2.63. The number of aldehydes is 1. The summed E-state index contributed by atoms with van der Waals surface area (Å²) in [6, 6.07) is 0. The Hall–Kier alpha value is -0.850. The summed E-state index contributed by atoms with van der Waals surface area (Å²) < 4.78 is 0. The van der Waals surface area contributed by atoms with Gasteiger partial charge in [0.25, 0.3) is 0 Å². The smallest absolute Gasteiger partial charge is 0.315 e. The predicted molar refractivity (Wildman–Crippen MR) is 121 cm³/mol. The second-order valence-electron chi connectivity index (χ2n) is 11.4. The molecular formula is C25H37NO4S. The molecule has 0 spiro atoms. The van der Waals surface area contributed by atoms with Crippen LogP contribution >= 0.6 is 11.8 Å². The molecule has 4 unspecified atom stereocenters. The standard InChI is InChI=1S/C25H37NO4S/c1-15(2)21-9-17-10-23(13-27)20-6-5-16(3)19(20)11-24(17,25(21,23)22(28)29)14-31-12-18-7-8-26(4)30-18/h9,13,15-20H,5-8,10-12,14H2,1-4H3,(H,28,29)/t16-,17?,18?,19-,20-,23?,24?,25+/m1/s1. The number of nitrogens with zero attached hydrogens (tertiary/aromatic N) is 1. The van der Waals surface area contributed by atoms with Crippen molar-refractivity contribution >= 4 is 24.0 Å². The van der Waals surface area contributed by atoms with Gasteiger partial charge in [-0.1, -0.05) is 38.8 Å². The van der Waals surface area contributed by atoms with Gasteiger partial charge in [0.1, 0.15) is 11.7 Å². The predicted octanol–water partition coefficient (Wildman–Crippen LogP) is 4.28. The Balaban J connectivity index is 1.56. The van der Waals surface area contributed by atoms with E-state index in [0.29, 0.717) is 11.8 Å². The molecule has 0 radical (unpaired) electrons. The highest BCUT2D eigenvalue weighted by atomic mass is 32.2. The van der Waals surface area contributed by atoms with Crippen LogP contribution in [0.25, 0.3) is 0 Å². The first kappa shape index (κ1) is 22.0. The Morgan fingerprint density at radius 1 is 1.35 bits per heavy atom. The summed E-state index contributed by atoms with van der Waals surface area (Å²) in [7, 11) is 1.97. The van der Waals surface area contributed by atoms with E-state index in [1.54, 1.807) is 0 Å². The van der Waals surface area contributed by atoms with E-state index in [0.717, 1.165) is 62.0 Å². The molecule has 31 heavy (non-hydrogen) atoms. The van der Waals surface area contributed by atoms with E-state index >= 15 is 0 Å². The molecule has 172 valence electrons.